The van der Waals surface area contributed by atoms with Gasteiger partial charge in [-0.05, 0) is 43.5 Å². The number of H-pyrrole nitrogens is 1. The Labute approximate surface area is 163 Å². The van der Waals surface area contributed by atoms with Gasteiger partial charge in [0.2, 0.25) is 0 Å². The lowest BCUT2D eigenvalue weighted by Gasteiger charge is -2.32. The molecule has 7 nitrogen and oxygen atoms in total. The highest BCUT2D eigenvalue weighted by atomic mass is 16.2. The van der Waals surface area contributed by atoms with E-state index in [0.717, 1.165) is 29.8 Å². The van der Waals surface area contributed by atoms with E-state index in [-0.39, 0.29) is 17.6 Å². The molecular formula is C21H23N5O2. The Hall–Kier alpha value is -3.35. The van der Waals surface area contributed by atoms with E-state index in [1.54, 1.807) is 9.47 Å². The fourth-order valence-electron chi connectivity index (χ4n) is 3.69. The fraction of sp³-hybridized carbons (Fsp3) is 0.286. The highest BCUT2D eigenvalue weighted by Gasteiger charge is 2.29. The summed E-state index contributed by atoms with van der Waals surface area (Å²) in [5, 5.41) is 9.83. The van der Waals surface area contributed by atoms with Gasteiger partial charge in [0, 0.05) is 24.7 Å². The zero-order valence-electron chi connectivity index (χ0n) is 15.8. The van der Waals surface area contributed by atoms with Crippen molar-refractivity contribution in [3.63, 3.8) is 0 Å². The number of hydrogen-bond acceptors (Lipinski definition) is 3. The molecule has 0 radical (unpaired) electrons. The molecule has 1 atom stereocenters. The van der Waals surface area contributed by atoms with Gasteiger partial charge in [0.15, 0.2) is 0 Å². The van der Waals surface area contributed by atoms with Crippen LogP contribution in [0.5, 0.6) is 0 Å². The molecule has 0 bridgehead atoms. The Morgan fingerprint density at radius 1 is 1.14 bits per heavy atom. The second-order valence-electron chi connectivity index (χ2n) is 7.09. The SMILES string of the molecule is Cc1ccccc1NC(=O)N1CCCC(c2n[nH]c(=O)n2-c2ccccc2)C1. The summed E-state index contributed by atoms with van der Waals surface area (Å²) in [6.07, 6.45) is 1.74. The number of likely N-dealkylation sites (tertiary alicyclic amines) is 1. The van der Waals surface area contributed by atoms with Crippen LogP contribution in [0.3, 0.4) is 0 Å². The molecule has 2 N–H and O–H groups in total. The number of benzene rings is 2. The Kier molecular flexibility index (Phi) is 4.97. The van der Waals surface area contributed by atoms with E-state index in [1.807, 2.05) is 61.5 Å². The van der Waals surface area contributed by atoms with Crippen LogP contribution in [0.25, 0.3) is 5.69 Å². The molecule has 0 spiro atoms. The van der Waals surface area contributed by atoms with Crippen LogP contribution in [0.4, 0.5) is 10.5 Å². The number of carbonyl (C=O) groups excluding carboxylic acids is 1. The molecule has 0 aliphatic carbocycles. The van der Waals surface area contributed by atoms with Crippen molar-refractivity contribution >= 4 is 11.7 Å². The largest absolute Gasteiger partial charge is 0.347 e. The number of nitrogens with one attached hydrogen (secondary N) is 2. The van der Waals surface area contributed by atoms with Crippen LogP contribution >= 0.6 is 0 Å². The van der Waals surface area contributed by atoms with Gasteiger partial charge in [0.05, 0.1) is 5.69 Å². The van der Waals surface area contributed by atoms with Crippen molar-refractivity contribution < 1.29 is 4.79 Å². The average Bonchev–Trinajstić information content (AvgIpc) is 3.12. The van der Waals surface area contributed by atoms with E-state index >= 15 is 0 Å². The number of anilines is 1. The topological polar surface area (TPSA) is 83.0 Å². The van der Waals surface area contributed by atoms with Crippen molar-refractivity contribution in [2.75, 3.05) is 18.4 Å². The van der Waals surface area contributed by atoms with Crippen LogP contribution in [0, 0.1) is 6.92 Å². The zero-order valence-corrected chi connectivity index (χ0v) is 15.8. The first-order chi connectivity index (χ1) is 13.6. The smallest absolute Gasteiger partial charge is 0.324 e. The van der Waals surface area contributed by atoms with E-state index in [0.29, 0.717) is 18.9 Å². The molecule has 3 aromatic rings. The minimum atomic E-state index is -0.261. The third kappa shape index (κ3) is 3.55. The molecule has 28 heavy (non-hydrogen) atoms. The highest BCUT2D eigenvalue weighted by Crippen LogP contribution is 2.27. The maximum atomic E-state index is 12.8. The van der Waals surface area contributed by atoms with Crippen LogP contribution < -0.4 is 11.0 Å². The van der Waals surface area contributed by atoms with Crippen molar-refractivity contribution in [3.8, 4) is 5.69 Å². The van der Waals surface area contributed by atoms with Gasteiger partial charge >= 0.3 is 11.7 Å². The normalized spacial score (nSPS) is 16.8. The quantitative estimate of drug-likeness (QED) is 0.735. The Morgan fingerprint density at radius 2 is 1.89 bits per heavy atom. The van der Waals surface area contributed by atoms with Crippen LogP contribution in [0.1, 0.15) is 30.1 Å². The molecule has 2 heterocycles. The first-order valence-electron chi connectivity index (χ1n) is 9.48. The molecule has 144 valence electrons. The maximum Gasteiger partial charge on any atom is 0.347 e. The average molecular weight is 377 g/mol. The number of amides is 2. The number of piperidine rings is 1. The summed E-state index contributed by atoms with van der Waals surface area (Å²) in [7, 11) is 0. The van der Waals surface area contributed by atoms with E-state index < -0.39 is 0 Å². The van der Waals surface area contributed by atoms with Gasteiger partial charge in [-0.3, -0.25) is 0 Å². The van der Waals surface area contributed by atoms with Crippen molar-refractivity contribution in [2.24, 2.45) is 0 Å². The summed E-state index contributed by atoms with van der Waals surface area (Å²) in [4.78, 5) is 26.9. The van der Waals surface area contributed by atoms with E-state index in [4.69, 9.17) is 0 Å². The molecule has 4 rings (SSSR count). The number of nitrogens with zero attached hydrogens (tertiary/aromatic N) is 3. The van der Waals surface area contributed by atoms with E-state index in [9.17, 15) is 9.59 Å². The van der Waals surface area contributed by atoms with Gasteiger partial charge in [-0.15, -0.1) is 0 Å². The molecule has 1 saturated heterocycles. The summed E-state index contributed by atoms with van der Waals surface area (Å²) >= 11 is 0. The lowest BCUT2D eigenvalue weighted by Crippen LogP contribution is -2.42. The van der Waals surface area contributed by atoms with Gasteiger partial charge in [-0.25, -0.2) is 19.3 Å². The zero-order chi connectivity index (χ0) is 19.5. The summed E-state index contributed by atoms with van der Waals surface area (Å²) in [6, 6.07) is 17.1. The van der Waals surface area contributed by atoms with Gasteiger partial charge in [0.25, 0.3) is 0 Å². The standard InChI is InChI=1S/C21H23N5O2/c1-15-8-5-6-12-18(15)22-20(27)25-13-7-9-16(14-25)19-23-24-21(28)26(19)17-10-3-2-4-11-17/h2-6,8,10-12,16H,7,9,13-14H2,1H3,(H,22,27)(H,24,28). The summed E-state index contributed by atoms with van der Waals surface area (Å²) in [5.41, 5.74) is 2.35. The first kappa shape index (κ1) is 18.0. The molecule has 1 aromatic heterocycles. The second kappa shape index (κ2) is 7.72. The maximum absolute atomic E-state index is 12.8. The molecule has 2 amide bonds. The summed E-state index contributed by atoms with van der Waals surface area (Å²) < 4.78 is 1.60. The van der Waals surface area contributed by atoms with Crippen molar-refractivity contribution in [1.82, 2.24) is 19.7 Å². The van der Waals surface area contributed by atoms with Gasteiger partial charge in [0.1, 0.15) is 5.82 Å². The third-order valence-corrected chi connectivity index (χ3v) is 5.17. The van der Waals surface area contributed by atoms with E-state index in [1.165, 1.54) is 0 Å². The Bertz CT molecular complexity index is 1020. The summed E-state index contributed by atoms with van der Waals surface area (Å²) in [5.74, 6) is 0.667. The molecular weight excluding hydrogens is 354 g/mol. The first-order valence-corrected chi connectivity index (χ1v) is 9.48. The number of aromatic nitrogens is 3. The molecule has 0 saturated carbocycles. The molecule has 1 unspecified atom stereocenters. The highest BCUT2D eigenvalue weighted by molar-refractivity contribution is 5.90. The molecule has 1 fully saturated rings. The number of para-hydroxylation sites is 2. The lowest BCUT2D eigenvalue weighted by atomic mass is 9.97. The van der Waals surface area contributed by atoms with Crippen LogP contribution in [-0.4, -0.2) is 38.8 Å². The Morgan fingerprint density at radius 3 is 2.68 bits per heavy atom. The van der Waals surface area contributed by atoms with Crippen molar-refractivity contribution in [3.05, 3.63) is 76.5 Å². The number of rotatable bonds is 3. The van der Waals surface area contributed by atoms with E-state index in [2.05, 4.69) is 15.5 Å². The number of aromatic amines is 1. The minimum Gasteiger partial charge on any atom is -0.324 e. The lowest BCUT2D eigenvalue weighted by molar-refractivity contribution is 0.191. The molecule has 2 aromatic carbocycles. The van der Waals surface area contributed by atoms with Crippen molar-refractivity contribution in [1.29, 1.82) is 0 Å². The molecule has 1 aliphatic rings. The van der Waals surface area contributed by atoms with Crippen LogP contribution in [0.15, 0.2) is 59.4 Å². The second-order valence-corrected chi connectivity index (χ2v) is 7.09. The number of urea groups is 1. The van der Waals surface area contributed by atoms with Crippen molar-refractivity contribution in [2.45, 2.75) is 25.7 Å². The van der Waals surface area contributed by atoms with Crippen LogP contribution in [0.2, 0.25) is 0 Å². The van der Waals surface area contributed by atoms with Gasteiger partial charge in [-0.1, -0.05) is 36.4 Å². The third-order valence-electron chi connectivity index (χ3n) is 5.17. The summed E-state index contributed by atoms with van der Waals surface area (Å²) in [6.45, 7) is 3.18. The van der Waals surface area contributed by atoms with Gasteiger partial charge in [-0.2, -0.15) is 5.10 Å². The fourth-order valence-corrected chi connectivity index (χ4v) is 3.69. The number of hydrogen-bond donors (Lipinski definition) is 2. The molecule has 7 heteroatoms. The number of carbonyl (C=O) groups is 1. The minimum absolute atomic E-state index is 0.00414. The predicted molar refractivity (Wildman–Crippen MR) is 108 cm³/mol. The number of aryl methyl sites for hydroxylation is 1. The monoisotopic (exact) mass is 377 g/mol. The predicted octanol–water partition coefficient (Wildman–Crippen LogP) is 3.28. The van der Waals surface area contributed by atoms with Gasteiger partial charge < -0.3 is 10.2 Å². The Balaban J connectivity index is 1.54. The molecule has 1 aliphatic heterocycles. The van der Waals surface area contributed by atoms with Crippen LogP contribution in [-0.2, 0) is 0 Å².